The molecule has 19 heavy (non-hydrogen) atoms. The number of amides is 2. The van der Waals surface area contributed by atoms with Gasteiger partial charge in [0.25, 0.3) is 0 Å². The molecule has 0 spiro atoms. The summed E-state index contributed by atoms with van der Waals surface area (Å²) in [5.74, 6) is -0.459. The molecule has 0 saturated carbocycles. The third kappa shape index (κ3) is 5.92. The van der Waals surface area contributed by atoms with Crippen LogP contribution in [0.2, 0.25) is 0 Å². The third-order valence-corrected chi connectivity index (χ3v) is 3.33. The molecule has 0 aromatic heterocycles. The Labute approximate surface area is 114 Å². The van der Waals surface area contributed by atoms with Crippen LogP contribution in [-0.4, -0.2) is 54.4 Å². The van der Waals surface area contributed by atoms with E-state index < -0.39 is 5.97 Å². The molecule has 1 heterocycles. The Hall–Kier alpha value is -1.30. The smallest absolute Gasteiger partial charge is 0.317 e. The predicted molar refractivity (Wildman–Crippen MR) is 71.0 cm³/mol. The molecule has 0 radical (unpaired) electrons. The molecule has 1 saturated heterocycles. The summed E-state index contributed by atoms with van der Waals surface area (Å²) >= 11 is 0. The fraction of sp³-hybridized carbons (Fsp3) is 0.846. The van der Waals surface area contributed by atoms with Crippen molar-refractivity contribution in [1.29, 1.82) is 0 Å². The minimum Gasteiger partial charge on any atom is -0.481 e. The van der Waals surface area contributed by atoms with Gasteiger partial charge in [-0.15, -0.1) is 0 Å². The van der Waals surface area contributed by atoms with E-state index in [0.717, 1.165) is 6.42 Å². The molecular formula is C13H24N2O4. The van der Waals surface area contributed by atoms with Crippen molar-refractivity contribution in [1.82, 2.24) is 10.2 Å². The van der Waals surface area contributed by atoms with E-state index in [2.05, 4.69) is 5.32 Å². The zero-order valence-electron chi connectivity index (χ0n) is 11.7. The number of nitrogens with one attached hydrogen (secondary N) is 1. The van der Waals surface area contributed by atoms with Crippen molar-refractivity contribution in [2.24, 2.45) is 5.92 Å². The van der Waals surface area contributed by atoms with Gasteiger partial charge in [-0.05, 0) is 32.6 Å². The van der Waals surface area contributed by atoms with E-state index in [1.54, 1.807) is 4.90 Å². The number of carbonyl (C=O) groups excluding carboxylic acids is 1. The average Bonchev–Trinajstić information content (AvgIpc) is 2.82. The van der Waals surface area contributed by atoms with Gasteiger partial charge in [-0.2, -0.15) is 0 Å². The molecule has 0 aromatic carbocycles. The molecular weight excluding hydrogens is 248 g/mol. The molecule has 0 bridgehead atoms. The van der Waals surface area contributed by atoms with Gasteiger partial charge in [0.1, 0.15) is 0 Å². The zero-order chi connectivity index (χ0) is 14.3. The molecule has 1 aliphatic rings. The SMILES string of the molecule is CCOC(C)CNC(=O)N1CCC(CCC(=O)O)C1. The summed E-state index contributed by atoms with van der Waals surface area (Å²) in [5, 5.41) is 11.5. The van der Waals surface area contributed by atoms with Gasteiger partial charge in [0, 0.05) is 32.7 Å². The number of likely N-dealkylation sites (tertiary alicyclic amines) is 1. The highest BCUT2D eigenvalue weighted by Crippen LogP contribution is 2.20. The van der Waals surface area contributed by atoms with Gasteiger partial charge in [-0.25, -0.2) is 4.79 Å². The van der Waals surface area contributed by atoms with Gasteiger partial charge < -0.3 is 20.1 Å². The van der Waals surface area contributed by atoms with Crippen LogP contribution in [0.25, 0.3) is 0 Å². The lowest BCUT2D eigenvalue weighted by Crippen LogP contribution is -2.41. The number of rotatable bonds is 7. The predicted octanol–water partition coefficient (Wildman–Crippen LogP) is 1.31. The van der Waals surface area contributed by atoms with Crippen LogP contribution in [0.3, 0.4) is 0 Å². The second-order valence-electron chi connectivity index (χ2n) is 4.99. The van der Waals surface area contributed by atoms with E-state index in [1.807, 2.05) is 13.8 Å². The maximum absolute atomic E-state index is 11.9. The summed E-state index contributed by atoms with van der Waals surface area (Å²) in [4.78, 5) is 24.1. The van der Waals surface area contributed by atoms with E-state index >= 15 is 0 Å². The van der Waals surface area contributed by atoms with Gasteiger partial charge in [0.15, 0.2) is 0 Å². The first-order valence-corrected chi connectivity index (χ1v) is 6.89. The van der Waals surface area contributed by atoms with E-state index in [9.17, 15) is 9.59 Å². The maximum atomic E-state index is 11.9. The Morgan fingerprint density at radius 1 is 1.53 bits per heavy atom. The van der Waals surface area contributed by atoms with Crippen LogP contribution >= 0.6 is 0 Å². The van der Waals surface area contributed by atoms with Crippen molar-refractivity contribution in [2.75, 3.05) is 26.2 Å². The minimum atomic E-state index is -0.770. The maximum Gasteiger partial charge on any atom is 0.317 e. The quantitative estimate of drug-likeness (QED) is 0.732. The van der Waals surface area contributed by atoms with Gasteiger partial charge in [-0.3, -0.25) is 4.79 Å². The molecule has 2 N–H and O–H groups in total. The Morgan fingerprint density at radius 2 is 2.26 bits per heavy atom. The van der Waals surface area contributed by atoms with E-state index in [1.165, 1.54) is 0 Å². The van der Waals surface area contributed by atoms with Gasteiger partial charge >= 0.3 is 12.0 Å². The van der Waals surface area contributed by atoms with Crippen LogP contribution in [0.15, 0.2) is 0 Å². The highest BCUT2D eigenvalue weighted by molar-refractivity contribution is 5.74. The number of ether oxygens (including phenoxy) is 1. The Kier molecular flexibility index (Phi) is 6.62. The van der Waals surface area contributed by atoms with Gasteiger partial charge in [0.05, 0.1) is 6.10 Å². The normalized spacial score (nSPS) is 20.3. The van der Waals surface area contributed by atoms with Crippen LogP contribution in [0, 0.1) is 5.92 Å². The highest BCUT2D eigenvalue weighted by Gasteiger charge is 2.26. The summed E-state index contributed by atoms with van der Waals surface area (Å²) in [6.07, 6.45) is 1.73. The van der Waals surface area contributed by atoms with Crippen LogP contribution in [0.5, 0.6) is 0 Å². The van der Waals surface area contributed by atoms with Gasteiger partial charge in [0.2, 0.25) is 0 Å². The van der Waals surface area contributed by atoms with Crippen molar-refractivity contribution >= 4 is 12.0 Å². The fourth-order valence-corrected chi connectivity index (χ4v) is 2.27. The minimum absolute atomic E-state index is 0.0133. The van der Waals surface area contributed by atoms with Crippen molar-refractivity contribution in [3.63, 3.8) is 0 Å². The second kappa shape index (κ2) is 7.99. The van der Waals surface area contributed by atoms with Crippen molar-refractivity contribution in [2.45, 2.75) is 39.2 Å². The molecule has 1 fully saturated rings. The number of hydrogen-bond acceptors (Lipinski definition) is 3. The molecule has 6 nitrogen and oxygen atoms in total. The summed E-state index contributed by atoms with van der Waals surface area (Å²) in [6.45, 7) is 6.34. The molecule has 1 rings (SSSR count). The van der Waals surface area contributed by atoms with Crippen LogP contribution in [0.1, 0.15) is 33.1 Å². The molecule has 2 atom stereocenters. The van der Waals surface area contributed by atoms with E-state index in [0.29, 0.717) is 38.6 Å². The lowest BCUT2D eigenvalue weighted by Gasteiger charge is -2.19. The lowest BCUT2D eigenvalue weighted by atomic mass is 10.0. The summed E-state index contributed by atoms with van der Waals surface area (Å²) in [6, 6.07) is -0.0793. The van der Waals surface area contributed by atoms with Crippen molar-refractivity contribution in [3.05, 3.63) is 0 Å². The van der Waals surface area contributed by atoms with Crippen LogP contribution in [0.4, 0.5) is 4.79 Å². The molecule has 110 valence electrons. The van der Waals surface area contributed by atoms with Crippen molar-refractivity contribution in [3.8, 4) is 0 Å². The van der Waals surface area contributed by atoms with Gasteiger partial charge in [-0.1, -0.05) is 0 Å². The molecule has 6 heteroatoms. The number of carboxylic acids is 1. The number of carbonyl (C=O) groups is 2. The summed E-state index contributed by atoms with van der Waals surface area (Å²) in [7, 11) is 0. The standard InChI is InChI=1S/C13H24N2O4/c1-3-19-10(2)8-14-13(18)15-7-6-11(9-15)4-5-12(16)17/h10-11H,3-9H2,1-2H3,(H,14,18)(H,16,17). The Morgan fingerprint density at radius 3 is 2.89 bits per heavy atom. The molecule has 2 unspecified atom stereocenters. The van der Waals surface area contributed by atoms with E-state index in [4.69, 9.17) is 9.84 Å². The first-order chi connectivity index (χ1) is 9.02. The molecule has 0 aromatic rings. The number of aliphatic carboxylic acids is 1. The lowest BCUT2D eigenvalue weighted by molar-refractivity contribution is -0.137. The molecule has 2 amide bonds. The largest absolute Gasteiger partial charge is 0.481 e. The Balaban J connectivity index is 2.22. The third-order valence-electron chi connectivity index (χ3n) is 3.33. The van der Waals surface area contributed by atoms with Crippen LogP contribution < -0.4 is 5.32 Å². The number of nitrogens with zero attached hydrogens (tertiary/aromatic N) is 1. The van der Waals surface area contributed by atoms with Crippen molar-refractivity contribution < 1.29 is 19.4 Å². The number of carboxylic acid groups (broad SMARTS) is 1. The molecule has 1 aliphatic heterocycles. The van der Waals surface area contributed by atoms with E-state index in [-0.39, 0.29) is 18.6 Å². The monoisotopic (exact) mass is 272 g/mol. The number of hydrogen-bond donors (Lipinski definition) is 2. The summed E-state index contributed by atoms with van der Waals surface area (Å²) in [5.41, 5.74) is 0. The number of urea groups is 1. The zero-order valence-corrected chi connectivity index (χ0v) is 11.7. The first-order valence-electron chi connectivity index (χ1n) is 6.89. The summed E-state index contributed by atoms with van der Waals surface area (Å²) < 4.78 is 5.34. The van der Waals surface area contributed by atoms with Crippen LogP contribution in [-0.2, 0) is 9.53 Å². The Bertz CT molecular complexity index is 309. The second-order valence-corrected chi connectivity index (χ2v) is 4.99. The topological polar surface area (TPSA) is 78.9 Å². The first kappa shape index (κ1) is 15.8. The average molecular weight is 272 g/mol. The molecule has 0 aliphatic carbocycles. The highest BCUT2D eigenvalue weighted by atomic mass is 16.5. The fourth-order valence-electron chi connectivity index (χ4n) is 2.27.